The Bertz CT molecular complexity index is 1130. The van der Waals surface area contributed by atoms with Crippen LogP contribution in [0.15, 0.2) is 65.8 Å². The van der Waals surface area contributed by atoms with Crippen LogP contribution in [0.25, 0.3) is 11.1 Å². The molecule has 2 aromatic carbocycles. The molecule has 0 radical (unpaired) electrons. The zero-order chi connectivity index (χ0) is 21.7. The van der Waals surface area contributed by atoms with E-state index in [0.717, 1.165) is 22.3 Å². The van der Waals surface area contributed by atoms with E-state index in [4.69, 9.17) is 17.3 Å². The molecule has 3 aromatic rings. The van der Waals surface area contributed by atoms with Gasteiger partial charge in [-0.2, -0.15) is 4.31 Å². The third-order valence-electron chi connectivity index (χ3n) is 5.06. The zero-order valence-corrected chi connectivity index (χ0v) is 18.7. The predicted octanol–water partition coefficient (Wildman–Crippen LogP) is 4.56. The molecule has 0 atom stereocenters. The molecule has 0 amide bonds. The van der Waals surface area contributed by atoms with E-state index in [0.29, 0.717) is 30.1 Å². The fraction of sp³-hybridized carbons (Fsp3) is 0.261. The number of aryl methyl sites for hydroxylation is 1. The van der Waals surface area contributed by atoms with Crippen molar-refractivity contribution in [2.24, 2.45) is 5.73 Å². The number of hydrogen-bond acceptors (Lipinski definition) is 4. The zero-order valence-electron chi connectivity index (χ0n) is 17.2. The van der Waals surface area contributed by atoms with E-state index in [-0.39, 0.29) is 11.4 Å². The number of rotatable bonds is 8. The predicted molar refractivity (Wildman–Crippen MR) is 122 cm³/mol. The fourth-order valence-corrected chi connectivity index (χ4v) is 5.34. The number of benzene rings is 2. The van der Waals surface area contributed by atoms with Crippen molar-refractivity contribution in [3.05, 3.63) is 82.6 Å². The SMILES string of the molecule is Cc1cnccc1-c1cccc(CN(CCCN)S(=O)(=O)c2cccc(Cl)c2C)c1. The van der Waals surface area contributed by atoms with E-state index in [9.17, 15) is 8.42 Å². The molecule has 1 heterocycles. The highest BCUT2D eigenvalue weighted by molar-refractivity contribution is 7.89. The standard InChI is InChI=1S/C23H26ClN3O2S/c1-17-15-26-12-10-21(17)20-7-3-6-19(14-20)16-27(13-5-11-25)30(28,29)23-9-4-8-22(24)18(23)2/h3-4,6-10,12,14-15H,5,11,13,16,25H2,1-2H3. The van der Waals surface area contributed by atoms with E-state index >= 15 is 0 Å². The van der Waals surface area contributed by atoms with Crippen LogP contribution in [0.2, 0.25) is 5.02 Å². The number of aromatic nitrogens is 1. The Morgan fingerprint density at radius 1 is 1.10 bits per heavy atom. The van der Waals surface area contributed by atoms with Crippen LogP contribution in [0.4, 0.5) is 0 Å². The van der Waals surface area contributed by atoms with Gasteiger partial charge >= 0.3 is 0 Å². The molecule has 0 spiro atoms. The molecule has 0 unspecified atom stereocenters. The third kappa shape index (κ3) is 4.90. The lowest BCUT2D eigenvalue weighted by atomic mass is 10.0. The van der Waals surface area contributed by atoms with Gasteiger partial charge in [-0.1, -0.05) is 35.9 Å². The number of pyridine rings is 1. The highest BCUT2D eigenvalue weighted by Gasteiger charge is 2.26. The Labute approximate surface area is 183 Å². The maximum atomic E-state index is 13.4. The molecule has 1 aromatic heterocycles. The van der Waals surface area contributed by atoms with Crippen LogP contribution >= 0.6 is 11.6 Å². The van der Waals surface area contributed by atoms with Crippen molar-refractivity contribution >= 4 is 21.6 Å². The monoisotopic (exact) mass is 443 g/mol. The molecule has 0 aliphatic heterocycles. The van der Waals surface area contributed by atoms with Crippen LogP contribution in [0.3, 0.4) is 0 Å². The van der Waals surface area contributed by atoms with Gasteiger partial charge in [0.15, 0.2) is 0 Å². The first kappa shape index (κ1) is 22.4. The van der Waals surface area contributed by atoms with Crippen LogP contribution in [0.5, 0.6) is 0 Å². The van der Waals surface area contributed by atoms with Gasteiger partial charge in [0.1, 0.15) is 0 Å². The summed E-state index contributed by atoms with van der Waals surface area (Å²) in [6.07, 6.45) is 4.15. The minimum absolute atomic E-state index is 0.230. The summed E-state index contributed by atoms with van der Waals surface area (Å²) < 4.78 is 28.4. The molecule has 7 heteroatoms. The van der Waals surface area contributed by atoms with Crippen LogP contribution in [-0.2, 0) is 16.6 Å². The molecule has 0 saturated heterocycles. The molecule has 0 bridgehead atoms. The molecule has 3 rings (SSSR count). The minimum atomic E-state index is -3.73. The lowest BCUT2D eigenvalue weighted by Gasteiger charge is -2.23. The van der Waals surface area contributed by atoms with Crippen molar-refractivity contribution in [1.82, 2.24) is 9.29 Å². The summed E-state index contributed by atoms with van der Waals surface area (Å²) in [6, 6.07) is 14.9. The van der Waals surface area contributed by atoms with E-state index in [1.165, 1.54) is 4.31 Å². The molecule has 30 heavy (non-hydrogen) atoms. The third-order valence-corrected chi connectivity index (χ3v) is 7.46. The van der Waals surface area contributed by atoms with Crippen molar-refractivity contribution in [3.8, 4) is 11.1 Å². The number of halogens is 1. The number of hydrogen-bond donors (Lipinski definition) is 1. The van der Waals surface area contributed by atoms with E-state index in [1.54, 1.807) is 31.3 Å². The summed E-state index contributed by atoms with van der Waals surface area (Å²) >= 11 is 6.18. The Kier molecular flexibility index (Phi) is 7.26. The van der Waals surface area contributed by atoms with E-state index in [2.05, 4.69) is 4.98 Å². The number of nitrogens with two attached hydrogens (primary N) is 1. The average Bonchev–Trinajstić information content (AvgIpc) is 2.73. The summed E-state index contributed by atoms with van der Waals surface area (Å²) in [5.74, 6) is 0. The first-order chi connectivity index (χ1) is 14.3. The van der Waals surface area contributed by atoms with Gasteiger partial charge in [0.05, 0.1) is 4.90 Å². The maximum absolute atomic E-state index is 13.4. The van der Waals surface area contributed by atoms with E-state index in [1.807, 2.05) is 43.5 Å². The number of sulfonamides is 1. The van der Waals surface area contributed by atoms with Crippen LogP contribution in [0, 0.1) is 13.8 Å². The van der Waals surface area contributed by atoms with Gasteiger partial charge in [-0.15, -0.1) is 0 Å². The molecule has 5 nitrogen and oxygen atoms in total. The molecule has 0 aliphatic carbocycles. The summed E-state index contributed by atoms with van der Waals surface area (Å²) in [5, 5.41) is 0.435. The molecule has 0 fully saturated rings. The van der Waals surface area contributed by atoms with Crippen molar-refractivity contribution in [2.45, 2.75) is 31.7 Å². The molecule has 0 aliphatic rings. The van der Waals surface area contributed by atoms with Crippen LogP contribution in [-0.4, -0.2) is 30.8 Å². The quantitative estimate of drug-likeness (QED) is 0.553. The van der Waals surface area contributed by atoms with Gasteiger partial charge in [0, 0.05) is 30.5 Å². The largest absolute Gasteiger partial charge is 0.330 e. The van der Waals surface area contributed by atoms with Gasteiger partial charge in [-0.3, -0.25) is 4.98 Å². The summed E-state index contributed by atoms with van der Waals surface area (Å²) in [6.45, 7) is 4.74. The first-order valence-electron chi connectivity index (χ1n) is 9.80. The summed E-state index contributed by atoms with van der Waals surface area (Å²) in [5.41, 5.74) is 10.3. The van der Waals surface area contributed by atoms with Gasteiger partial charge in [0.25, 0.3) is 0 Å². The molecule has 158 valence electrons. The molecular formula is C23H26ClN3O2S. The van der Waals surface area contributed by atoms with Gasteiger partial charge in [-0.05, 0) is 78.9 Å². The summed E-state index contributed by atoms with van der Waals surface area (Å²) in [7, 11) is -3.73. The average molecular weight is 444 g/mol. The van der Waals surface area contributed by atoms with Crippen LogP contribution < -0.4 is 5.73 Å². The van der Waals surface area contributed by atoms with Gasteiger partial charge in [-0.25, -0.2) is 8.42 Å². The highest BCUT2D eigenvalue weighted by Crippen LogP contribution is 2.28. The highest BCUT2D eigenvalue weighted by atomic mass is 35.5. The Balaban J connectivity index is 1.97. The Morgan fingerprint density at radius 2 is 1.87 bits per heavy atom. The van der Waals surface area contributed by atoms with Gasteiger partial charge in [0.2, 0.25) is 10.0 Å². The second kappa shape index (κ2) is 9.71. The van der Waals surface area contributed by atoms with Crippen molar-refractivity contribution < 1.29 is 8.42 Å². The first-order valence-corrected chi connectivity index (χ1v) is 11.6. The maximum Gasteiger partial charge on any atom is 0.243 e. The van der Waals surface area contributed by atoms with Crippen molar-refractivity contribution in [2.75, 3.05) is 13.1 Å². The molecule has 0 saturated carbocycles. The second-order valence-corrected chi connectivity index (χ2v) is 9.55. The normalized spacial score (nSPS) is 11.8. The van der Waals surface area contributed by atoms with Crippen molar-refractivity contribution in [1.29, 1.82) is 0 Å². The van der Waals surface area contributed by atoms with E-state index < -0.39 is 10.0 Å². The fourth-order valence-electron chi connectivity index (χ4n) is 3.40. The number of nitrogens with zero attached hydrogens (tertiary/aromatic N) is 2. The van der Waals surface area contributed by atoms with Gasteiger partial charge < -0.3 is 5.73 Å². The lowest BCUT2D eigenvalue weighted by molar-refractivity contribution is 0.401. The Hall–Kier alpha value is -2.25. The molecular weight excluding hydrogens is 418 g/mol. The topological polar surface area (TPSA) is 76.3 Å². The minimum Gasteiger partial charge on any atom is -0.330 e. The Morgan fingerprint density at radius 3 is 2.60 bits per heavy atom. The lowest BCUT2D eigenvalue weighted by Crippen LogP contribution is -2.33. The second-order valence-electron chi connectivity index (χ2n) is 7.23. The van der Waals surface area contributed by atoms with Crippen molar-refractivity contribution in [3.63, 3.8) is 0 Å². The smallest absolute Gasteiger partial charge is 0.243 e. The molecule has 2 N–H and O–H groups in total. The summed E-state index contributed by atoms with van der Waals surface area (Å²) in [4.78, 5) is 4.38. The van der Waals surface area contributed by atoms with Crippen LogP contribution in [0.1, 0.15) is 23.1 Å².